The molecule has 2 aliphatic carbocycles. The van der Waals surface area contributed by atoms with E-state index in [0.29, 0.717) is 6.04 Å². The summed E-state index contributed by atoms with van der Waals surface area (Å²) in [5.74, 6) is 3.03. The van der Waals surface area contributed by atoms with Gasteiger partial charge in [0.05, 0.1) is 7.11 Å². The van der Waals surface area contributed by atoms with Crippen molar-refractivity contribution in [2.24, 2.45) is 11.8 Å². The number of para-hydroxylation sites is 1. The highest BCUT2D eigenvalue weighted by molar-refractivity contribution is 5.33. The molecule has 0 heterocycles. The Kier molecular flexibility index (Phi) is 4.62. The van der Waals surface area contributed by atoms with Crippen LogP contribution in [0.2, 0.25) is 0 Å². The number of hydrogen-bond acceptors (Lipinski definition) is 2. The summed E-state index contributed by atoms with van der Waals surface area (Å²) in [6.45, 7) is 0.937. The predicted octanol–water partition coefficient (Wildman–Crippen LogP) is 4.14. The maximum absolute atomic E-state index is 5.43. The van der Waals surface area contributed by atoms with E-state index in [1.807, 2.05) is 6.07 Å². The van der Waals surface area contributed by atoms with Crippen LogP contribution in [0.5, 0.6) is 5.75 Å². The van der Waals surface area contributed by atoms with Gasteiger partial charge >= 0.3 is 0 Å². The molecule has 0 saturated heterocycles. The van der Waals surface area contributed by atoms with Gasteiger partial charge in [0.25, 0.3) is 0 Å². The molecule has 3 rings (SSSR count). The van der Waals surface area contributed by atoms with Gasteiger partial charge in [-0.25, -0.2) is 0 Å². The van der Waals surface area contributed by atoms with Gasteiger partial charge in [-0.3, -0.25) is 0 Å². The molecule has 1 aromatic carbocycles. The quantitative estimate of drug-likeness (QED) is 0.890. The Morgan fingerprint density at radius 2 is 1.85 bits per heavy atom. The molecule has 2 heteroatoms. The highest BCUT2D eigenvalue weighted by Crippen LogP contribution is 2.40. The zero-order valence-electron chi connectivity index (χ0n) is 12.6. The number of rotatable bonds is 4. The van der Waals surface area contributed by atoms with Crippen LogP contribution in [0.3, 0.4) is 0 Å². The lowest BCUT2D eigenvalue weighted by atomic mass is 9.69. The maximum Gasteiger partial charge on any atom is 0.123 e. The summed E-state index contributed by atoms with van der Waals surface area (Å²) in [5, 5.41) is 3.77. The van der Waals surface area contributed by atoms with Gasteiger partial charge in [0.2, 0.25) is 0 Å². The lowest BCUT2D eigenvalue weighted by Gasteiger charge is -2.39. The monoisotopic (exact) mass is 273 g/mol. The highest BCUT2D eigenvalue weighted by Gasteiger charge is 2.31. The van der Waals surface area contributed by atoms with E-state index in [4.69, 9.17) is 4.74 Å². The SMILES string of the molecule is COc1ccccc1CNC1CCC2CCCCC2C1. The van der Waals surface area contributed by atoms with Gasteiger partial charge in [0, 0.05) is 18.2 Å². The molecular weight excluding hydrogens is 246 g/mol. The lowest BCUT2D eigenvalue weighted by Crippen LogP contribution is -2.38. The smallest absolute Gasteiger partial charge is 0.123 e. The molecule has 2 fully saturated rings. The zero-order valence-corrected chi connectivity index (χ0v) is 12.6. The molecule has 2 aliphatic rings. The molecule has 1 N–H and O–H groups in total. The summed E-state index contributed by atoms with van der Waals surface area (Å²) in [7, 11) is 1.76. The number of hydrogen-bond donors (Lipinski definition) is 1. The van der Waals surface area contributed by atoms with Crippen molar-refractivity contribution in [1.29, 1.82) is 0 Å². The zero-order chi connectivity index (χ0) is 13.8. The average molecular weight is 273 g/mol. The van der Waals surface area contributed by atoms with E-state index in [0.717, 1.165) is 24.1 Å². The van der Waals surface area contributed by atoms with Crippen molar-refractivity contribution in [3.63, 3.8) is 0 Å². The fourth-order valence-electron chi connectivity index (χ4n) is 4.16. The van der Waals surface area contributed by atoms with Crippen LogP contribution >= 0.6 is 0 Å². The van der Waals surface area contributed by atoms with Gasteiger partial charge in [-0.1, -0.05) is 43.9 Å². The summed E-state index contributed by atoms with van der Waals surface area (Å²) >= 11 is 0. The van der Waals surface area contributed by atoms with Crippen LogP contribution in [0.4, 0.5) is 0 Å². The normalized spacial score (nSPS) is 29.8. The number of methoxy groups -OCH3 is 1. The van der Waals surface area contributed by atoms with Crippen molar-refractivity contribution in [3.05, 3.63) is 29.8 Å². The Labute approximate surface area is 122 Å². The molecule has 2 nitrogen and oxygen atoms in total. The second kappa shape index (κ2) is 6.62. The third-order valence-corrected chi connectivity index (χ3v) is 5.31. The van der Waals surface area contributed by atoms with Crippen molar-refractivity contribution < 1.29 is 4.74 Å². The maximum atomic E-state index is 5.43. The van der Waals surface area contributed by atoms with Crippen LogP contribution < -0.4 is 10.1 Å². The fraction of sp³-hybridized carbons (Fsp3) is 0.667. The Bertz CT molecular complexity index is 431. The van der Waals surface area contributed by atoms with Gasteiger partial charge in [-0.2, -0.15) is 0 Å². The first-order valence-electron chi connectivity index (χ1n) is 8.22. The van der Waals surface area contributed by atoms with Crippen molar-refractivity contribution in [2.45, 2.75) is 57.5 Å². The largest absolute Gasteiger partial charge is 0.496 e. The van der Waals surface area contributed by atoms with Crippen LogP contribution in [0.25, 0.3) is 0 Å². The molecule has 1 aromatic rings. The van der Waals surface area contributed by atoms with E-state index in [2.05, 4.69) is 23.5 Å². The first kappa shape index (κ1) is 13.9. The Morgan fingerprint density at radius 3 is 2.70 bits per heavy atom. The Morgan fingerprint density at radius 1 is 1.05 bits per heavy atom. The molecule has 20 heavy (non-hydrogen) atoms. The minimum absolute atomic E-state index is 0.708. The minimum atomic E-state index is 0.708. The molecule has 0 radical (unpaired) electrons. The van der Waals surface area contributed by atoms with Crippen LogP contribution in [0.15, 0.2) is 24.3 Å². The van der Waals surface area contributed by atoms with Gasteiger partial charge in [0.15, 0.2) is 0 Å². The predicted molar refractivity (Wildman–Crippen MR) is 82.9 cm³/mol. The molecule has 3 atom stereocenters. The van der Waals surface area contributed by atoms with E-state index >= 15 is 0 Å². The molecule has 0 amide bonds. The lowest BCUT2D eigenvalue weighted by molar-refractivity contribution is 0.143. The second-order valence-electron chi connectivity index (χ2n) is 6.51. The van der Waals surface area contributed by atoms with Crippen LogP contribution in [0.1, 0.15) is 50.5 Å². The van der Waals surface area contributed by atoms with Crippen molar-refractivity contribution in [2.75, 3.05) is 7.11 Å². The van der Waals surface area contributed by atoms with E-state index in [9.17, 15) is 0 Å². The third kappa shape index (κ3) is 3.17. The molecular formula is C18H27NO. The number of fused-ring (bicyclic) bond motifs is 1. The molecule has 2 saturated carbocycles. The van der Waals surface area contributed by atoms with Crippen molar-refractivity contribution in [3.8, 4) is 5.75 Å². The third-order valence-electron chi connectivity index (χ3n) is 5.31. The Hall–Kier alpha value is -1.02. The molecule has 0 spiro atoms. The number of ether oxygens (including phenoxy) is 1. The van der Waals surface area contributed by atoms with Crippen molar-refractivity contribution >= 4 is 0 Å². The topological polar surface area (TPSA) is 21.3 Å². The van der Waals surface area contributed by atoms with Crippen LogP contribution in [0, 0.1) is 11.8 Å². The summed E-state index contributed by atoms with van der Waals surface area (Å²) in [5.41, 5.74) is 1.28. The van der Waals surface area contributed by atoms with Gasteiger partial charge in [-0.15, -0.1) is 0 Å². The van der Waals surface area contributed by atoms with Gasteiger partial charge in [0.1, 0.15) is 5.75 Å². The van der Waals surface area contributed by atoms with Gasteiger partial charge in [-0.05, 0) is 37.2 Å². The minimum Gasteiger partial charge on any atom is -0.496 e. The summed E-state index contributed by atoms with van der Waals surface area (Å²) in [4.78, 5) is 0. The highest BCUT2D eigenvalue weighted by atomic mass is 16.5. The molecule has 0 aliphatic heterocycles. The van der Waals surface area contributed by atoms with Crippen LogP contribution in [-0.2, 0) is 6.54 Å². The fourth-order valence-corrected chi connectivity index (χ4v) is 4.16. The molecule has 0 aromatic heterocycles. The summed E-state index contributed by atoms with van der Waals surface area (Å²) in [6, 6.07) is 9.06. The number of benzene rings is 1. The van der Waals surface area contributed by atoms with Crippen LogP contribution in [-0.4, -0.2) is 13.2 Å². The second-order valence-corrected chi connectivity index (χ2v) is 6.51. The van der Waals surface area contributed by atoms with E-state index in [1.165, 1.54) is 50.5 Å². The van der Waals surface area contributed by atoms with E-state index in [-0.39, 0.29) is 0 Å². The average Bonchev–Trinajstić information content (AvgIpc) is 2.53. The molecule has 3 unspecified atom stereocenters. The van der Waals surface area contributed by atoms with E-state index < -0.39 is 0 Å². The summed E-state index contributed by atoms with van der Waals surface area (Å²) < 4.78 is 5.43. The Balaban J connectivity index is 1.53. The van der Waals surface area contributed by atoms with E-state index in [1.54, 1.807) is 7.11 Å². The van der Waals surface area contributed by atoms with Gasteiger partial charge < -0.3 is 10.1 Å². The van der Waals surface area contributed by atoms with Crippen molar-refractivity contribution in [1.82, 2.24) is 5.32 Å². The first-order valence-corrected chi connectivity index (χ1v) is 8.22. The molecule has 110 valence electrons. The molecule has 0 bridgehead atoms. The number of nitrogens with one attached hydrogen (secondary N) is 1. The summed E-state index contributed by atoms with van der Waals surface area (Å²) in [6.07, 6.45) is 10.1. The first-order chi connectivity index (χ1) is 9.86. The standard InChI is InChI=1S/C18H27NO/c1-20-18-9-5-4-8-16(18)13-19-17-11-10-14-6-2-3-7-15(14)12-17/h4-5,8-9,14-15,17,19H,2-3,6-7,10-13H2,1H3.